The fourth-order valence-corrected chi connectivity index (χ4v) is 2.04. The van der Waals surface area contributed by atoms with E-state index in [0.29, 0.717) is 15.7 Å². The second-order valence-corrected chi connectivity index (χ2v) is 4.76. The maximum absolute atomic E-state index is 13.0. The predicted octanol–water partition coefficient (Wildman–Crippen LogP) is 4.51. The molecular formula is C14H10BrFN2. The van der Waals surface area contributed by atoms with Crippen molar-refractivity contribution >= 4 is 27.3 Å². The van der Waals surface area contributed by atoms with E-state index < -0.39 is 0 Å². The second-order valence-electron chi connectivity index (χ2n) is 3.91. The van der Waals surface area contributed by atoms with E-state index in [4.69, 9.17) is 5.26 Å². The lowest BCUT2D eigenvalue weighted by Crippen LogP contribution is -1.95. The molecule has 18 heavy (non-hydrogen) atoms. The molecule has 0 atom stereocenters. The number of anilines is 2. The van der Waals surface area contributed by atoms with Crippen molar-refractivity contribution in [3.63, 3.8) is 0 Å². The van der Waals surface area contributed by atoms with Crippen LogP contribution >= 0.6 is 15.9 Å². The van der Waals surface area contributed by atoms with E-state index in [0.717, 1.165) is 11.3 Å². The van der Waals surface area contributed by atoms with E-state index >= 15 is 0 Å². The maximum atomic E-state index is 13.0. The predicted molar refractivity (Wildman–Crippen MR) is 73.3 cm³/mol. The van der Waals surface area contributed by atoms with Gasteiger partial charge < -0.3 is 5.32 Å². The fourth-order valence-electron chi connectivity index (χ4n) is 1.59. The summed E-state index contributed by atoms with van der Waals surface area (Å²) in [6.45, 7) is 1.95. The zero-order chi connectivity index (χ0) is 13.1. The molecule has 0 amide bonds. The van der Waals surface area contributed by atoms with E-state index in [-0.39, 0.29) is 5.82 Å². The number of rotatable bonds is 2. The normalized spacial score (nSPS) is 9.89. The molecule has 2 rings (SSSR count). The van der Waals surface area contributed by atoms with Gasteiger partial charge in [0.05, 0.1) is 16.9 Å². The third kappa shape index (κ3) is 2.69. The van der Waals surface area contributed by atoms with Gasteiger partial charge in [-0.1, -0.05) is 6.07 Å². The van der Waals surface area contributed by atoms with Gasteiger partial charge in [-0.25, -0.2) is 4.39 Å². The van der Waals surface area contributed by atoms with Crippen LogP contribution < -0.4 is 5.32 Å². The highest BCUT2D eigenvalue weighted by Gasteiger charge is 2.06. The van der Waals surface area contributed by atoms with E-state index in [1.54, 1.807) is 12.1 Å². The highest BCUT2D eigenvalue weighted by Crippen LogP contribution is 2.28. The molecule has 0 fully saturated rings. The molecule has 0 spiro atoms. The monoisotopic (exact) mass is 304 g/mol. The summed E-state index contributed by atoms with van der Waals surface area (Å²) in [4.78, 5) is 0. The SMILES string of the molecule is Cc1ccc(C#N)c(Nc2ccc(F)cc2Br)c1. The lowest BCUT2D eigenvalue weighted by atomic mass is 10.1. The number of hydrogen-bond acceptors (Lipinski definition) is 2. The summed E-state index contributed by atoms with van der Waals surface area (Å²) in [5, 5.41) is 12.2. The van der Waals surface area contributed by atoms with Gasteiger partial charge in [0.25, 0.3) is 0 Å². The van der Waals surface area contributed by atoms with Gasteiger partial charge in [0.2, 0.25) is 0 Å². The number of nitrogens with zero attached hydrogens (tertiary/aromatic N) is 1. The number of halogens is 2. The Hall–Kier alpha value is -1.86. The highest BCUT2D eigenvalue weighted by atomic mass is 79.9. The Labute approximate surface area is 113 Å². The molecule has 2 nitrogen and oxygen atoms in total. The number of hydrogen-bond donors (Lipinski definition) is 1. The van der Waals surface area contributed by atoms with Gasteiger partial charge >= 0.3 is 0 Å². The first kappa shape index (κ1) is 12.6. The topological polar surface area (TPSA) is 35.8 Å². The van der Waals surface area contributed by atoms with Crippen LogP contribution in [0.5, 0.6) is 0 Å². The van der Waals surface area contributed by atoms with Crippen LogP contribution in [0.25, 0.3) is 0 Å². The summed E-state index contributed by atoms with van der Waals surface area (Å²) in [5.74, 6) is -0.308. The van der Waals surface area contributed by atoms with Crippen LogP contribution in [0.1, 0.15) is 11.1 Å². The molecule has 4 heteroatoms. The molecule has 90 valence electrons. The Morgan fingerprint density at radius 2 is 1.94 bits per heavy atom. The van der Waals surface area contributed by atoms with Crippen molar-refractivity contribution in [1.82, 2.24) is 0 Å². The van der Waals surface area contributed by atoms with Gasteiger partial charge in [0.1, 0.15) is 11.9 Å². The molecule has 2 aromatic rings. The van der Waals surface area contributed by atoms with Gasteiger partial charge in [-0.2, -0.15) is 5.26 Å². The molecule has 0 heterocycles. The first-order valence-electron chi connectivity index (χ1n) is 5.33. The van der Waals surface area contributed by atoms with E-state index in [1.807, 2.05) is 19.1 Å². The molecule has 0 saturated carbocycles. The van der Waals surface area contributed by atoms with Crippen LogP contribution in [0.4, 0.5) is 15.8 Å². The molecule has 0 unspecified atom stereocenters. The Morgan fingerprint density at radius 1 is 1.17 bits per heavy atom. The average Bonchev–Trinajstić information content (AvgIpc) is 2.33. The van der Waals surface area contributed by atoms with Crippen molar-refractivity contribution in [3.05, 3.63) is 57.8 Å². The van der Waals surface area contributed by atoms with Crippen LogP contribution in [0.3, 0.4) is 0 Å². The Balaban J connectivity index is 2.40. The number of benzene rings is 2. The molecule has 0 aliphatic heterocycles. The Bertz CT molecular complexity index is 632. The molecule has 0 aromatic heterocycles. The number of nitrogens with one attached hydrogen (secondary N) is 1. The van der Waals surface area contributed by atoms with Crippen molar-refractivity contribution in [1.29, 1.82) is 5.26 Å². The van der Waals surface area contributed by atoms with Crippen molar-refractivity contribution < 1.29 is 4.39 Å². The highest BCUT2D eigenvalue weighted by molar-refractivity contribution is 9.10. The lowest BCUT2D eigenvalue weighted by Gasteiger charge is -2.10. The minimum absolute atomic E-state index is 0.308. The largest absolute Gasteiger partial charge is 0.354 e. The summed E-state index contributed by atoms with van der Waals surface area (Å²) in [6, 6.07) is 12.0. The summed E-state index contributed by atoms with van der Waals surface area (Å²) in [5.41, 5.74) is 3.04. The van der Waals surface area contributed by atoms with Crippen LogP contribution in [0, 0.1) is 24.1 Å². The Morgan fingerprint density at radius 3 is 2.61 bits per heavy atom. The van der Waals surface area contributed by atoms with Crippen molar-refractivity contribution in [2.24, 2.45) is 0 Å². The van der Waals surface area contributed by atoms with E-state index in [2.05, 4.69) is 27.3 Å². The van der Waals surface area contributed by atoms with Crippen molar-refractivity contribution in [3.8, 4) is 6.07 Å². The van der Waals surface area contributed by atoms with Crippen LogP contribution in [-0.2, 0) is 0 Å². The molecule has 0 bridgehead atoms. The summed E-state index contributed by atoms with van der Waals surface area (Å²) >= 11 is 3.28. The van der Waals surface area contributed by atoms with Gasteiger partial charge in [-0.3, -0.25) is 0 Å². The van der Waals surface area contributed by atoms with Crippen LogP contribution in [-0.4, -0.2) is 0 Å². The smallest absolute Gasteiger partial charge is 0.124 e. The molecular weight excluding hydrogens is 295 g/mol. The first-order valence-corrected chi connectivity index (χ1v) is 6.12. The third-order valence-corrected chi connectivity index (χ3v) is 3.15. The quantitative estimate of drug-likeness (QED) is 0.886. The minimum Gasteiger partial charge on any atom is -0.354 e. The average molecular weight is 305 g/mol. The minimum atomic E-state index is -0.308. The summed E-state index contributed by atoms with van der Waals surface area (Å²) < 4.78 is 13.6. The molecule has 2 aromatic carbocycles. The lowest BCUT2D eigenvalue weighted by molar-refractivity contribution is 0.627. The van der Waals surface area contributed by atoms with Crippen LogP contribution in [0.2, 0.25) is 0 Å². The fraction of sp³-hybridized carbons (Fsp3) is 0.0714. The summed E-state index contributed by atoms with van der Waals surface area (Å²) in [7, 11) is 0. The van der Waals surface area contributed by atoms with Crippen molar-refractivity contribution in [2.45, 2.75) is 6.92 Å². The van der Waals surface area contributed by atoms with Gasteiger partial charge in [0.15, 0.2) is 0 Å². The molecule has 1 N–H and O–H groups in total. The number of aryl methyl sites for hydroxylation is 1. The number of nitriles is 1. The van der Waals surface area contributed by atoms with Gasteiger partial charge in [-0.05, 0) is 58.7 Å². The maximum Gasteiger partial charge on any atom is 0.124 e. The molecule has 0 aliphatic rings. The zero-order valence-electron chi connectivity index (χ0n) is 9.67. The van der Waals surface area contributed by atoms with Gasteiger partial charge in [-0.15, -0.1) is 0 Å². The zero-order valence-corrected chi connectivity index (χ0v) is 11.3. The molecule has 0 radical (unpaired) electrons. The van der Waals surface area contributed by atoms with Gasteiger partial charge in [0, 0.05) is 4.47 Å². The van der Waals surface area contributed by atoms with Crippen molar-refractivity contribution in [2.75, 3.05) is 5.32 Å². The molecule has 0 aliphatic carbocycles. The first-order chi connectivity index (χ1) is 8.60. The van der Waals surface area contributed by atoms with E-state index in [9.17, 15) is 4.39 Å². The Kier molecular flexibility index (Phi) is 3.63. The second kappa shape index (κ2) is 5.19. The third-order valence-electron chi connectivity index (χ3n) is 2.50. The summed E-state index contributed by atoms with van der Waals surface area (Å²) in [6.07, 6.45) is 0. The van der Waals surface area contributed by atoms with E-state index in [1.165, 1.54) is 12.1 Å². The standard InChI is InChI=1S/C14H10BrFN2/c1-9-2-3-10(8-17)14(6-9)18-13-5-4-11(16)7-12(13)15/h2-7,18H,1H3. The molecule has 0 saturated heterocycles. The van der Waals surface area contributed by atoms with Crippen LogP contribution in [0.15, 0.2) is 40.9 Å².